The number of carbonyl (C=O) groups is 1. The molecule has 70 valence electrons. The number of hydrogen-bond donors (Lipinski definition) is 1. The monoisotopic (exact) mass is 171 g/mol. The summed E-state index contributed by atoms with van der Waals surface area (Å²) in [5.41, 5.74) is 0. The quantitative estimate of drug-likeness (QED) is 0.696. The van der Waals surface area contributed by atoms with Crippen LogP contribution in [0.25, 0.3) is 0 Å². The Balaban J connectivity index is 2.24. The molecule has 1 unspecified atom stereocenters. The molecule has 0 spiro atoms. The van der Waals surface area contributed by atoms with Gasteiger partial charge in [-0.15, -0.1) is 0 Å². The summed E-state index contributed by atoms with van der Waals surface area (Å²) >= 11 is 0. The molecule has 1 aliphatic rings. The fourth-order valence-electron chi connectivity index (χ4n) is 1.80. The van der Waals surface area contributed by atoms with Crippen LogP contribution in [0.2, 0.25) is 0 Å². The molecule has 0 radical (unpaired) electrons. The van der Waals surface area contributed by atoms with Crippen molar-refractivity contribution in [2.45, 2.75) is 38.1 Å². The first-order valence-corrected chi connectivity index (χ1v) is 4.62. The van der Waals surface area contributed by atoms with Gasteiger partial charge in [0.15, 0.2) is 0 Å². The Morgan fingerprint density at radius 2 is 2.33 bits per heavy atom. The molecule has 1 fully saturated rings. The summed E-state index contributed by atoms with van der Waals surface area (Å²) in [5.74, 6) is -0.672. The maximum absolute atomic E-state index is 10.3. The SMILES string of the molecule is CN1CCCCC1CCC(=O)O. The van der Waals surface area contributed by atoms with Gasteiger partial charge in [0.25, 0.3) is 0 Å². The van der Waals surface area contributed by atoms with E-state index in [1.807, 2.05) is 0 Å². The van der Waals surface area contributed by atoms with Crippen LogP contribution in [0.3, 0.4) is 0 Å². The molecular weight excluding hydrogens is 154 g/mol. The Kier molecular flexibility index (Phi) is 3.53. The fourth-order valence-corrected chi connectivity index (χ4v) is 1.80. The minimum atomic E-state index is -0.672. The van der Waals surface area contributed by atoms with E-state index in [9.17, 15) is 4.79 Å². The van der Waals surface area contributed by atoms with Crippen molar-refractivity contribution in [3.63, 3.8) is 0 Å². The van der Waals surface area contributed by atoms with Crippen molar-refractivity contribution in [1.29, 1.82) is 0 Å². The van der Waals surface area contributed by atoms with Crippen molar-refractivity contribution >= 4 is 5.97 Å². The van der Waals surface area contributed by atoms with Crippen LogP contribution in [0.4, 0.5) is 0 Å². The van der Waals surface area contributed by atoms with E-state index in [1.54, 1.807) is 0 Å². The molecule has 1 N–H and O–H groups in total. The molecule has 1 saturated heterocycles. The highest BCUT2D eigenvalue weighted by Gasteiger charge is 2.18. The van der Waals surface area contributed by atoms with Crippen molar-refractivity contribution in [1.82, 2.24) is 4.90 Å². The third kappa shape index (κ3) is 2.81. The van der Waals surface area contributed by atoms with Crippen LogP contribution < -0.4 is 0 Å². The predicted molar refractivity (Wildman–Crippen MR) is 47.1 cm³/mol. The van der Waals surface area contributed by atoms with Crippen molar-refractivity contribution in [2.24, 2.45) is 0 Å². The smallest absolute Gasteiger partial charge is 0.303 e. The molecule has 0 aliphatic carbocycles. The largest absolute Gasteiger partial charge is 0.481 e. The van der Waals surface area contributed by atoms with Gasteiger partial charge in [0.05, 0.1) is 0 Å². The summed E-state index contributed by atoms with van der Waals surface area (Å²) in [4.78, 5) is 12.6. The first-order chi connectivity index (χ1) is 5.70. The van der Waals surface area contributed by atoms with E-state index in [-0.39, 0.29) is 0 Å². The van der Waals surface area contributed by atoms with E-state index < -0.39 is 5.97 Å². The zero-order valence-corrected chi connectivity index (χ0v) is 7.62. The molecule has 1 atom stereocenters. The molecule has 0 aromatic rings. The van der Waals surface area contributed by atoms with Crippen LogP contribution in [-0.2, 0) is 4.79 Å². The van der Waals surface area contributed by atoms with Gasteiger partial charge in [-0.05, 0) is 32.9 Å². The predicted octanol–water partition coefficient (Wildman–Crippen LogP) is 1.34. The minimum Gasteiger partial charge on any atom is -0.481 e. The summed E-state index contributed by atoms with van der Waals surface area (Å²) in [5, 5.41) is 8.51. The minimum absolute atomic E-state index is 0.314. The van der Waals surface area contributed by atoms with Crippen LogP contribution in [0.1, 0.15) is 32.1 Å². The number of nitrogens with zero attached hydrogens (tertiary/aromatic N) is 1. The third-order valence-corrected chi connectivity index (χ3v) is 2.61. The van der Waals surface area contributed by atoms with Crippen LogP contribution in [0.5, 0.6) is 0 Å². The van der Waals surface area contributed by atoms with E-state index in [0.29, 0.717) is 12.5 Å². The van der Waals surface area contributed by atoms with Gasteiger partial charge in [-0.3, -0.25) is 4.79 Å². The van der Waals surface area contributed by atoms with E-state index in [0.717, 1.165) is 13.0 Å². The maximum Gasteiger partial charge on any atom is 0.303 e. The highest BCUT2D eigenvalue weighted by atomic mass is 16.4. The maximum atomic E-state index is 10.3. The standard InChI is InChI=1S/C9H17NO2/c1-10-7-3-2-4-8(10)5-6-9(11)12/h8H,2-7H2,1H3,(H,11,12). The van der Waals surface area contributed by atoms with Crippen LogP contribution >= 0.6 is 0 Å². The van der Waals surface area contributed by atoms with Gasteiger partial charge in [-0.1, -0.05) is 6.42 Å². The Labute approximate surface area is 73.4 Å². The lowest BCUT2D eigenvalue weighted by molar-refractivity contribution is -0.137. The summed E-state index contributed by atoms with van der Waals surface area (Å²) in [6.45, 7) is 1.13. The van der Waals surface area contributed by atoms with Crippen molar-refractivity contribution in [2.75, 3.05) is 13.6 Å². The molecule has 12 heavy (non-hydrogen) atoms. The Morgan fingerprint density at radius 1 is 1.58 bits per heavy atom. The van der Waals surface area contributed by atoms with Crippen LogP contribution in [0, 0.1) is 0 Å². The second-order valence-corrected chi connectivity index (χ2v) is 3.56. The average Bonchev–Trinajstić information content (AvgIpc) is 2.03. The van der Waals surface area contributed by atoms with Gasteiger partial charge in [0.2, 0.25) is 0 Å². The molecular formula is C9H17NO2. The summed E-state index contributed by atoms with van der Waals surface area (Å²) in [6.07, 6.45) is 4.82. The summed E-state index contributed by atoms with van der Waals surface area (Å²) < 4.78 is 0. The summed E-state index contributed by atoms with van der Waals surface area (Å²) in [6, 6.07) is 0.509. The van der Waals surface area contributed by atoms with Gasteiger partial charge in [0.1, 0.15) is 0 Å². The topological polar surface area (TPSA) is 40.5 Å². The summed E-state index contributed by atoms with van der Waals surface area (Å²) in [7, 11) is 2.09. The number of aliphatic carboxylic acids is 1. The van der Waals surface area contributed by atoms with Crippen molar-refractivity contribution in [3.8, 4) is 0 Å². The van der Waals surface area contributed by atoms with Crippen LogP contribution in [0.15, 0.2) is 0 Å². The highest BCUT2D eigenvalue weighted by molar-refractivity contribution is 5.66. The molecule has 0 saturated carbocycles. The number of carboxylic acids is 1. The lowest BCUT2D eigenvalue weighted by atomic mass is 9.99. The van der Waals surface area contributed by atoms with Gasteiger partial charge < -0.3 is 10.0 Å². The fraction of sp³-hybridized carbons (Fsp3) is 0.889. The second-order valence-electron chi connectivity index (χ2n) is 3.56. The Hall–Kier alpha value is -0.570. The molecule has 3 nitrogen and oxygen atoms in total. The molecule has 0 aromatic carbocycles. The Morgan fingerprint density at radius 3 is 2.92 bits per heavy atom. The van der Waals surface area contributed by atoms with Gasteiger partial charge in [-0.2, -0.15) is 0 Å². The first-order valence-electron chi connectivity index (χ1n) is 4.62. The number of carboxylic acid groups (broad SMARTS) is 1. The first kappa shape index (κ1) is 9.52. The molecule has 0 aromatic heterocycles. The average molecular weight is 171 g/mol. The van der Waals surface area contributed by atoms with E-state index >= 15 is 0 Å². The van der Waals surface area contributed by atoms with E-state index in [2.05, 4.69) is 11.9 Å². The molecule has 1 rings (SSSR count). The zero-order chi connectivity index (χ0) is 8.97. The number of piperidine rings is 1. The molecule has 1 heterocycles. The Bertz CT molecular complexity index is 159. The number of rotatable bonds is 3. The van der Waals surface area contributed by atoms with Gasteiger partial charge in [-0.25, -0.2) is 0 Å². The number of likely N-dealkylation sites (tertiary alicyclic amines) is 1. The lowest BCUT2D eigenvalue weighted by Crippen LogP contribution is -2.36. The molecule has 0 bridgehead atoms. The molecule has 1 aliphatic heterocycles. The van der Waals surface area contributed by atoms with Gasteiger partial charge >= 0.3 is 5.97 Å². The lowest BCUT2D eigenvalue weighted by Gasteiger charge is -2.32. The van der Waals surface area contributed by atoms with Crippen molar-refractivity contribution < 1.29 is 9.90 Å². The second kappa shape index (κ2) is 4.45. The van der Waals surface area contributed by atoms with Crippen LogP contribution in [-0.4, -0.2) is 35.6 Å². The van der Waals surface area contributed by atoms with Gasteiger partial charge in [0, 0.05) is 12.5 Å². The third-order valence-electron chi connectivity index (χ3n) is 2.61. The molecule has 0 amide bonds. The highest BCUT2D eigenvalue weighted by Crippen LogP contribution is 2.18. The molecule has 3 heteroatoms. The zero-order valence-electron chi connectivity index (χ0n) is 7.62. The normalized spacial score (nSPS) is 25.6. The van der Waals surface area contributed by atoms with E-state index in [4.69, 9.17) is 5.11 Å². The number of hydrogen-bond acceptors (Lipinski definition) is 2. The van der Waals surface area contributed by atoms with Crippen molar-refractivity contribution in [3.05, 3.63) is 0 Å². The van der Waals surface area contributed by atoms with E-state index in [1.165, 1.54) is 19.3 Å².